The molecule has 0 bridgehead atoms. The fourth-order valence-corrected chi connectivity index (χ4v) is 3.27. The monoisotopic (exact) mass is 399 g/mol. The van der Waals surface area contributed by atoms with Crippen molar-refractivity contribution in [1.82, 2.24) is 0 Å². The molecule has 1 atom stereocenters. The normalized spacial score (nSPS) is 12.1. The summed E-state index contributed by atoms with van der Waals surface area (Å²) in [4.78, 5) is 0. The van der Waals surface area contributed by atoms with Gasteiger partial charge in [0.05, 0.1) is 20.3 Å². The lowest BCUT2D eigenvalue weighted by molar-refractivity contribution is 0.354. The molecule has 0 amide bonds. The van der Waals surface area contributed by atoms with Crippen molar-refractivity contribution in [1.29, 1.82) is 0 Å². The lowest BCUT2D eigenvalue weighted by atomic mass is 9.99. The molecule has 3 nitrogen and oxygen atoms in total. The van der Waals surface area contributed by atoms with Crippen LogP contribution in [0.25, 0.3) is 0 Å². The Bertz CT molecular complexity index is 617. The number of halogens is 2. The first-order valence-electron chi connectivity index (χ1n) is 5.99. The summed E-state index contributed by atoms with van der Waals surface area (Å²) < 4.78 is 12.5. The van der Waals surface area contributed by atoms with Gasteiger partial charge in [0, 0.05) is 8.95 Å². The molecule has 5 heteroatoms. The van der Waals surface area contributed by atoms with Crippen molar-refractivity contribution in [3.8, 4) is 11.5 Å². The average molecular weight is 401 g/mol. The highest BCUT2D eigenvalue weighted by molar-refractivity contribution is 9.11. The average Bonchev–Trinajstić information content (AvgIpc) is 2.45. The third-order valence-corrected chi connectivity index (χ3v) is 4.24. The van der Waals surface area contributed by atoms with Crippen LogP contribution in [0.2, 0.25) is 0 Å². The quantitative estimate of drug-likeness (QED) is 0.832. The van der Waals surface area contributed by atoms with Crippen LogP contribution in [0.4, 0.5) is 0 Å². The predicted octanol–water partition coefficient (Wildman–Crippen LogP) is 4.28. The summed E-state index contributed by atoms with van der Waals surface area (Å²) in [5.41, 5.74) is 8.32. The molecule has 0 aliphatic heterocycles. The summed E-state index contributed by atoms with van der Waals surface area (Å²) >= 11 is 6.98. The van der Waals surface area contributed by atoms with Crippen LogP contribution in [0.15, 0.2) is 45.3 Å². The summed E-state index contributed by atoms with van der Waals surface area (Å²) in [5, 5.41) is 0. The number of hydrogen-bond donors (Lipinski definition) is 1. The topological polar surface area (TPSA) is 44.5 Å². The Balaban J connectivity index is 2.40. The van der Waals surface area contributed by atoms with Gasteiger partial charge in [-0.05, 0) is 35.4 Å². The van der Waals surface area contributed by atoms with E-state index in [2.05, 4.69) is 31.9 Å². The molecule has 0 aliphatic rings. The zero-order valence-corrected chi connectivity index (χ0v) is 14.4. The predicted molar refractivity (Wildman–Crippen MR) is 87.4 cm³/mol. The van der Waals surface area contributed by atoms with Gasteiger partial charge in [0.1, 0.15) is 0 Å². The summed E-state index contributed by atoms with van der Waals surface area (Å²) in [6.07, 6.45) is 0. The Kier molecular flexibility index (Phi) is 5.07. The fraction of sp³-hybridized carbons (Fsp3) is 0.200. The van der Waals surface area contributed by atoms with E-state index in [1.54, 1.807) is 14.2 Å². The maximum atomic E-state index is 6.34. The first-order chi connectivity index (χ1) is 9.56. The Labute approximate surface area is 135 Å². The lowest BCUT2D eigenvalue weighted by Gasteiger charge is -2.17. The number of nitrogens with two attached hydrogens (primary N) is 1. The van der Waals surface area contributed by atoms with Crippen LogP contribution >= 0.6 is 31.9 Å². The van der Waals surface area contributed by atoms with Gasteiger partial charge in [-0.1, -0.05) is 44.0 Å². The molecule has 2 aromatic carbocycles. The second kappa shape index (κ2) is 6.61. The standard InChI is InChI=1S/C15H15Br2NO2/c1-19-13-6-3-9(7-14(13)20-2)15(18)11-5-4-10(16)8-12(11)17/h3-8,15H,18H2,1-2H3. The van der Waals surface area contributed by atoms with Gasteiger partial charge in [0.15, 0.2) is 11.5 Å². The van der Waals surface area contributed by atoms with Gasteiger partial charge in [-0.15, -0.1) is 0 Å². The van der Waals surface area contributed by atoms with Crippen molar-refractivity contribution < 1.29 is 9.47 Å². The first kappa shape index (κ1) is 15.4. The maximum Gasteiger partial charge on any atom is 0.161 e. The summed E-state index contributed by atoms with van der Waals surface area (Å²) in [6.45, 7) is 0. The van der Waals surface area contributed by atoms with Crippen molar-refractivity contribution >= 4 is 31.9 Å². The van der Waals surface area contributed by atoms with Gasteiger partial charge >= 0.3 is 0 Å². The minimum atomic E-state index is -0.239. The highest BCUT2D eigenvalue weighted by Gasteiger charge is 2.15. The molecule has 2 aromatic rings. The van der Waals surface area contributed by atoms with Crippen LogP contribution in [0.5, 0.6) is 11.5 Å². The Hall–Kier alpha value is -1.04. The second-order valence-electron chi connectivity index (χ2n) is 4.26. The highest BCUT2D eigenvalue weighted by Crippen LogP contribution is 2.34. The van der Waals surface area contributed by atoms with Crippen LogP contribution in [0.1, 0.15) is 17.2 Å². The Morgan fingerprint density at radius 1 is 0.950 bits per heavy atom. The number of rotatable bonds is 4. The van der Waals surface area contributed by atoms with E-state index in [1.165, 1.54) is 0 Å². The molecule has 0 heterocycles. The molecule has 2 rings (SSSR count). The number of hydrogen-bond acceptors (Lipinski definition) is 3. The molecule has 0 fully saturated rings. The van der Waals surface area contributed by atoms with Crippen molar-refractivity contribution in [2.75, 3.05) is 14.2 Å². The van der Waals surface area contributed by atoms with Crippen molar-refractivity contribution in [3.63, 3.8) is 0 Å². The molecule has 0 spiro atoms. The number of ether oxygens (including phenoxy) is 2. The molecular weight excluding hydrogens is 386 g/mol. The van der Waals surface area contributed by atoms with E-state index in [4.69, 9.17) is 15.2 Å². The molecule has 0 aliphatic carbocycles. The van der Waals surface area contributed by atoms with Crippen LogP contribution in [-0.4, -0.2) is 14.2 Å². The highest BCUT2D eigenvalue weighted by atomic mass is 79.9. The van der Waals surface area contributed by atoms with Gasteiger partial charge in [-0.2, -0.15) is 0 Å². The summed E-state index contributed by atoms with van der Waals surface area (Å²) in [6, 6.07) is 11.4. The van der Waals surface area contributed by atoms with E-state index in [-0.39, 0.29) is 6.04 Å². The van der Waals surface area contributed by atoms with Crippen LogP contribution in [-0.2, 0) is 0 Å². The maximum absolute atomic E-state index is 6.34. The smallest absolute Gasteiger partial charge is 0.161 e. The van der Waals surface area contributed by atoms with Gasteiger partial charge in [0.25, 0.3) is 0 Å². The summed E-state index contributed by atoms with van der Waals surface area (Å²) in [7, 11) is 3.23. The zero-order chi connectivity index (χ0) is 14.7. The second-order valence-corrected chi connectivity index (χ2v) is 6.03. The molecule has 2 N–H and O–H groups in total. The lowest BCUT2D eigenvalue weighted by Crippen LogP contribution is -2.12. The van der Waals surface area contributed by atoms with E-state index < -0.39 is 0 Å². The largest absolute Gasteiger partial charge is 0.493 e. The molecular formula is C15H15Br2NO2. The SMILES string of the molecule is COc1ccc(C(N)c2ccc(Br)cc2Br)cc1OC. The minimum Gasteiger partial charge on any atom is -0.493 e. The molecule has 1 unspecified atom stereocenters. The Morgan fingerprint density at radius 2 is 1.65 bits per heavy atom. The summed E-state index contributed by atoms with van der Waals surface area (Å²) in [5.74, 6) is 1.37. The van der Waals surface area contributed by atoms with Crippen LogP contribution in [0, 0.1) is 0 Å². The fourth-order valence-electron chi connectivity index (χ4n) is 1.98. The van der Waals surface area contributed by atoms with Crippen molar-refractivity contribution in [3.05, 3.63) is 56.5 Å². The molecule has 20 heavy (non-hydrogen) atoms. The molecule has 0 aromatic heterocycles. The molecule has 0 radical (unpaired) electrons. The van der Waals surface area contributed by atoms with Gasteiger partial charge in [-0.3, -0.25) is 0 Å². The Morgan fingerprint density at radius 3 is 2.25 bits per heavy atom. The van der Waals surface area contributed by atoms with Gasteiger partial charge in [-0.25, -0.2) is 0 Å². The van der Waals surface area contributed by atoms with Crippen molar-refractivity contribution in [2.24, 2.45) is 5.73 Å². The van der Waals surface area contributed by atoms with E-state index in [9.17, 15) is 0 Å². The van der Waals surface area contributed by atoms with Crippen molar-refractivity contribution in [2.45, 2.75) is 6.04 Å². The van der Waals surface area contributed by atoms with Gasteiger partial charge in [0.2, 0.25) is 0 Å². The molecule has 0 saturated carbocycles. The third-order valence-electron chi connectivity index (χ3n) is 3.06. The number of benzene rings is 2. The van der Waals surface area contributed by atoms with E-state index in [0.29, 0.717) is 11.5 Å². The minimum absolute atomic E-state index is 0.239. The third kappa shape index (κ3) is 3.16. The molecule has 106 valence electrons. The van der Waals surface area contributed by atoms with E-state index >= 15 is 0 Å². The van der Waals surface area contributed by atoms with E-state index in [1.807, 2.05) is 36.4 Å². The first-order valence-corrected chi connectivity index (χ1v) is 7.58. The van der Waals surface area contributed by atoms with Crippen LogP contribution in [0.3, 0.4) is 0 Å². The van der Waals surface area contributed by atoms with Crippen LogP contribution < -0.4 is 15.2 Å². The molecule has 0 saturated heterocycles. The number of methoxy groups -OCH3 is 2. The van der Waals surface area contributed by atoms with E-state index in [0.717, 1.165) is 20.1 Å². The zero-order valence-electron chi connectivity index (χ0n) is 11.2. The van der Waals surface area contributed by atoms with Gasteiger partial charge < -0.3 is 15.2 Å².